The molecule has 21 heavy (non-hydrogen) atoms. The molecule has 1 N–H and O–H groups in total. The highest BCUT2D eigenvalue weighted by atomic mass is 31.2. The highest BCUT2D eigenvalue weighted by Crippen LogP contribution is 2.48. The average molecular weight is 318 g/mol. The van der Waals surface area contributed by atoms with Crippen molar-refractivity contribution in [1.82, 2.24) is 0 Å². The van der Waals surface area contributed by atoms with Crippen molar-refractivity contribution in [2.75, 3.05) is 6.61 Å². The predicted molar refractivity (Wildman–Crippen MR) is 84.2 cm³/mol. The Bertz CT molecular complexity index is 334. The Morgan fingerprint density at radius 1 is 0.762 bits per heavy atom. The van der Waals surface area contributed by atoms with Crippen molar-refractivity contribution in [3.8, 4) is 0 Å². The van der Waals surface area contributed by atoms with E-state index in [1.165, 1.54) is 44.9 Å². The van der Waals surface area contributed by atoms with Gasteiger partial charge in [-0.1, -0.05) is 57.8 Å². The van der Waals surface area contributed by atoms with Gasteiger partial charge < -0.3 is 4.89 Å². The fraction of sp³-hybridized carbons (Fsp3) is 1.00. The monoisotopic (exact) mass is 318 g/mol. The van der Waals surface area contributed by atoms with Crippen LogP contribution in [0.2, 0.25) is 0 Å². The molecule has 1 heterocycles. The van der Waals surface area contributed by atoms with Crippen molar-refractivity contribution in [1.29, 1.82) is 0 Å². The summed E-state index contributed by atoms with van der Waals surface area (Å²) in [6.45, 7) is 0.340. The van der Waals surface area contributed by atoms with Crippen LogP contribution in [0.3, 0.4) is 0 Å². The van der Waals surface area contributed by atoms with Crippen molar-refractivity contribution in [2.24, 2.45) is 5.92 Å². The molecule has 1 saturated carbocycles. The largest absolute Gasteiger partial charge is 0.472 e. The Kier molecular flexibility index (Phi) is 7.73. The van der Waals surface area contributed by atoms with Crippen LogP contribution in [0.25, 0.3) is 0 Å². The first-order valence-electron chi connectivity index (χ1n) is 8.83. The highest BCUT2D eigenvalue weighted by molar-refractivity contribution is 7.47. The van der Waals surface area contributed by atoms with E-state index in [1.807, 2.05) is 0 Å². The summed E-state index contributed by atoms with van der Waals surface area (Å²) in [5, 5.41) is 0. The normalized spacial score (nSPS) is 38.0. The molecule has 0 aromatic rings. The van der Waals surface area contributed by atoms with Crippen LogP contribution in [-0.4, -0.2) is 17.6 Å². The van der Waals surface area contributed by atoms with Gasteiger partial charge in [-0.2, -0.15) is 0 Å². The Labute approximate surface area is 129 Å². The van der Waals surface area contributed by atoms with E-state index in [9.17, 15) is 9.46 Å². The van der Waals surface area contributed by atoms with Crippen LogP contribution in [0.4, 0.5) is 0 Å². The first-order valence-corrected chi connectivity index (χ1v) is 10.3. The van der Waals surface area contributed by atoms with Crippen LogP contribution >= 0.6 is 7.82 Å². The van der Waals surface area contributed by atoms with Crippen molar-refractivity contribution < 1.29 is 18.5 Å². The van der Waals surface area contributed by atoms with E-state index in [0.717, 1.165) is 38.5 Å². The Morgan fingerprint density at radius 2 is 1.29 bits per heavy atom. The number of rotatable bonds is 0. The van der Waals surface area contributed by atoms with Crippen LogP contribution in [0.15, 0.2) is 0 Å². The Hall–Kier alpha value is 0.110. The molecule has 124 valence electrons. The van der Waals surface area contributed by atoms with E-state index in [2.05, 4.69) is 0 Å². The summed E-state index contributed by atoms with van der Waals surface area (Å²) < 4.78 is 22.6. The van der Waals surface area contributed by atoms with Gasteiger partial charge in [0, 0.05) is 0 Å². The van der Waals surface area contributed by atoms with Gasteiger partial charge in [0.1, 0.15) is 0 Å². The first-order chi connectivity index (χ1) is 10.2. The lowest BCUT2D eigenvalue weighted by molar-refractivity contribution is 0.0630. The minimum absolute atomic E-state index is 0.0987. The molecule has 1 saturated heterocycles. The molecule has 3 atom stereocenters. The fourth-order valence-electron chi connectivity index (χ4n) is 3.59. The molecule has 0 aromatic carbocycles. The number of phosphoric ester groups is 1. The zero-order chi connectivity index (χ0) is 15.0. The molecule has 1 aliphatic carbocycles. The van der Waals surface area contributed by atoms with Crippen molar-refractivity contribution in [3.05, 3.63) is 0 Å². The number of hydrogen-bond acceptors (Lipinski definition) is 3. The highest BCUT2D eigenvalue weighted by Gasteiger charge is 2.32. The number of phosphoric acid groups is 1. The SMILES string of the molecule is O=P1(O)OCCCCC2CCCCCCCCCCC2O1. The molecule has 2 rings (SSSR count). The van der Waals surface area contributed by atoms with E-state index in [4.69, 9.17) is 9.05 Å². The van der Waals surface area contributed by atoms with Crippen molar-refractivity contribution >= 4 is 7.82 Å². The molecule has 2 fully saturated rings. The van der Waals surface area contributed by atoms with Crippen molar-refractivity contribution in [3.63, 3.8) is 0 Å². The number of fused-ring (bicyclic) bond motifs is 1. The third-order valence-electron chi connectivity index (χ3n) is 4.83. The summed E-state index contributed by atoms with van der Waals surface area (Å²) in [5.41, 5.74) is 0. The average Bonchev–Trinajstić information content (AvgIpc) is 2.49. The van der Waals surface area contributed by atoms with Crippen LogP contribution < -0.4 is 0 Å². The molecule has 2 aliphatic rings. The zero-order valence-electron chi connectivity index (χ0n) is 13.2. The Balaban J connectivity index is 2.00. The quantitative estimate of drug-likeness (QED) is 0.623. The standard InChI is InChI=1S/C16H31O4P/c17-21(18)19-14-10-9-12-15-11-7-5-3-1-2-4-6-8-13-16(15)20-21/h15-16H,1-14H2,(H,17,18). The lowest BCUT2D eigenvalue weighted by Gasteiger charge is -2.28. The summed E-state index contributed by atoms with van der Waals surface area (Å²) in [6, 6.07) is 0. The van der Waals surface area contributed by atoms with Gasteiger partial charge in [-0.05, 0) is 31.6 Å². The molecule has 0 radical (unpaired) electrons. The maximum atomic E-state index is 12.0. The van der Waals surface area contributed by atoms with Gasteiger partial charge in [-0.3, -0.25) is 9.05 Å². The second-order valence-electron chi connectivity index (χ2n) is 6.61. The summed E-state index contributed by atoms with van der Waals surface area (Å²) in [4.78, 5) is 9.84. The maximum absolute atomic E-state index is 12.0. The second-order valence-corrected chi connectivity index (χ2v) is 8.01. The smallest absolute Gasteiger partial charge is 0.302 e. The van der Waals surface area contributed by atoms with Crippen LogP contribution in [0.1, 0.15) is 83.5 Å². The van der Waals surface area contributed by atoms with Crippen molar-refractivity contribution in [2.45, 2.75) is 89.6 Å². The molecule has 1 aliphatic heterocycles. The van der Waals surface area contributed by atoms with E-state index in [0.29, 0.717) is 12.5 Å². The van der Waals surface area contributed by atoms with Crippen LogP contribution in [-0.2, 0) is 13.6 Å². The topological polar surface area (TPSA) is 55.8 Å². The lowest BCUT2D eigenvalue weighted by atomic mass is 9.87. The minimum atomic E-state index is -3.85. The molecule has 0 aromatic heterocycles. The van der Waals surface area contributed by atoms with Crippen LogP contribution in [0, 0.1) is 5.92 Å². The van der Waals surface area contributed by atoms with Gasteiger partial charge in [0.25, 0.3) is 0 Å². The van der Waals surface area contributed by atoms with Gasteiger partial charge in [0.2, 0.25) is 0 Å². The minimum Gasteiger partial charge on any atom is -0.302 e. The molecular formula is C16H31O4P. The summed E-state index contributed by atoms with van der Waals surface area (Å²) in [6.07, 6.45) is 15.1. The summed E-state index contributed by atoms with van der Waals surface area (Å²) in [7, 11) is -3.85. The molecular weight excluding hydrogens is 287 g/mol. The Morgan fingerprint density at radius 3 is 1.95 bits per heavy atom. The molecule has 0 spiro atoms. The van der Waals surface area contributed by atoms with E-state index < -0.39 is 7.82 Å². The van der Waals surface area contributed by atoms with Gasteiger partial charge in [-0.25, -0.2) is 4.57 Å². The zero-order valence-corrected chi connectivity index (χ0v) is 14.1. The maximum Gasteiger partial charge on any atom is 0.472 e. The van der Waals surface area contributed by atoms with Gasteiger partial charge in [-0.15, -0.1) is 0 Å². The molecule has 0 amide bonds. The van der Waals surface area contributed by atoms with E-state index in [1.54, 1.807) is 0 Å². The van der Waals surface area contributed by atoms with Gasteiger partial charge in [0.15, 0.2) is 0 Å². The molecule has 3 unspecified atom stereocenters. The third-order valence-corrected chi connectivity index (χ3v) is 5.88. The summed E-state index contributed by atoms with van der Waals surface area (Å²) >= 11 is 0. The van der Waals surface area contributed by atoms with E-state index in [-0.39, 0.29) is 6.10 Å². The second kappa shape index (κ2) is 9.29. The number of hydrogen-bond donors (Lipinski definition) is 1. The first kappa shape index (κ1) is 17.5. The molecule has 4 nitrogen and oxygen atoms in total. The van der Waals surface area contributed by atoms with E-state index >= 15 is 0 Å². The van der Waals surface area contributed by atoms with Gasteiger partial charge >= 0.3 is 7.82 Å². The lowest BCUT2D eigenvalue weighted by Crippen LogP contribution is -2.23. The van der Waals surface area contributed by atoms with Gasteiger partial charge in [0.05, 0.1) is 12.7 Å². The van der Waals surface area contributed by atoms with Crippen LogP contribution in [0.5, 0.6) is 0 Å². The molecule has 0 bridgehead atoms. The predicted octanol–water partition coefficient (Wildman–Crippen LogP) is 5.20. The molecule has 5 heteroatoms. The fourth-order valence-corrected chi connectivity index (χ4v) is 4.63. The summed E-state index contributed by atoms with van der Waals surface area (Å²) in [5.74, 6) is 0.423. The third kappa shape index (κ3) is 6.81.